The Morgan fingerprint density at radius 2 is 1.75 bits per heavy atom. The van der Waals surface area contributed by atoms with Crippen molar-refractivity contribution >= 4 is 5.78 Å². The Labute approximate surface area is 188 Å². The van der Waals surface area contributed by atoms with Crippen LogP contribution in [-0.4, -0.2) is 29.8 Å². The van der Waals surface area contributed by atoms with Gasteiger partial charge in [0.2, 0.25) is 0 Å². The number of nitrogens with one attached hydrogen (secondary N) is 1. The van der Waals surface area contributed by atoms with Crippen molar-refractivity contribution in [1.82, 2.24) is 10.2 Å². The Morgan fingerprint density at radius 1 is 0.969 bits per heavy atom. The predicted octanol–water partition coefficient (Wildman–Crippen LogP) is 4.93. The molecule has 1 aliphatic heterocycles. The Bertz CT molecular complexity index is 1080. The molecule has 3 aromatic carbocycles. The minimum Gasteiger partial charge on any atom is -0.311 e. The molecule has 0 saturated heterocycles. The SMILES string of the molecule is CC(=O)c1cccc(CNCCN2Cc3ccc(F)cc3CC2Cc2ccc(F)cc2)c1. The molecule has 32 heavy (non-hydrogen) atoms. The molecular formula is C27H28F2N2O. The summed E-state index contributed by atoms with van der Waals surface area (Å²) >= 11 is 0. The maximum absolute atomic E-state index is 13.8. The number of carbonyl (C=O) groups excluding carboxylic acids is 1. The van der Waals surface area contributed by atoms with Crippen molar-refractivity contribution in [3.8, 4) is 0 Å². The molecule has 0 radical (unpaired) electrons. The van der Waals surface area contributed by atoms with E-state index in [0.29, 0.717) is 6.54 Å². The lowest BCUT2D eigenvalue weighted by molar-refractivity contribution is 0.101. The van der Waals surface area contributed by atoms with Crippen LogP contribution in [0.2, 0.25) is 0 Å². The van der Waals surface area contributed by atoms with Crippen LogP contribution in [0.1, 0.15) is 39.5 Å². The third kappa shape index (κ3) is 5.67. The highest BCUT2D eigenvalue weighted by molar-refractivity contribution is 5.94. The van der Waals surface area contributed by atoms with E-state index in [1.165, 1.54) is 18.2 Å². The van der Waals surface area contributed by atoms with E-state index in [-0.39, 0.29) is 23.5 Å². The molecule has 0 saturated carbocycles. The second-order valence-electron chi connectivity index (χ2n) is 8.51. The van der Waals surface area contributed by atoms with Gasteiger partial charge in [0, 0.05) is 37.8 Å². The van der Waals surface area contributed by atoms with Gasteiger partial charge in [0.05, 0.1) is 0 Å². The van der Waals surface area contributed by atoms with Crippen LogP contribution < -0.4 is 5.32 Å². The molecule has 1 unspecified atom stereocenters. The number of nitrogens with zero attached hydrogens (tertiary/aromatic N) is 1. The van der Waals surface area contributed by atoms with Crippen LogP contribution in [0.4, 0.5) is 8.78 Å². The van der Waals surface area contributed by atoms with Gasteiger partial charge in [-0.05, 0) is 72.4 Å². The fourth-order valence-corrected chi connectivity index (χ4v) is 4.38. The summed E-state index contributed by atoms with van der Waals surface area (Å²) in [5.41, 5.74) is 5.11. The molecule has 1 atom stereocenters. The van der Waals surface area contributed by atoms with Crippen LogP contribution >= 0.6 is 0 Å². The van der Waals surface area contributed by atoms with Gasteiger partial charge in [-0.3, -0.25) is 9.69 Å². The average molecular weight is 435 g/mol. The fraction of sp³-hybridized carbons (Fsp3) is 0.296. The molecule has 0 bridgehead atoms. The maximum Gasteiger partial charge on any atom is 0.159 e. The molecule has 0 amide bonds. The van der Waals surface area contributed by atoms with Gasteiger partial charge in [-0.1, -0.05) is 36.4 Å². The van der Waals surface area contributed by atoms with Crippen molar-refractivity contribution in [1.29, 1.82) is 0 Å². The summed E-state index contributed by atoms with van der Waals surface area (Å²) in [6, 6.07) is 19.6. The number of carbonyl (C=O) groups is 1. The Hall–Kier alpha value is -2.89. The van der Waals surface area contributed by atoms with Crippen LogP contribution in [0.5, 0.6) is 0 Å². The van der Waals surface area contributed by atoms with E-state index in [2.05, 4.69) is 10.2 Å². The van der Waals surface area contributed by atoms with Gasteiger partial charge in [-0.15, -0.1) is 0 Å². The second-order valence-corrected chi connectivity index (χ2v) is 8.51. The van der Waals surface area contributed by atoms with Gasteiger partial charge in [0.1, 0.15) is 11.6 Å². The largest absolute Gasteiger partial charge is 0.311 e. The summed E-state index contributed by atoms with van der Waals surface area (Å²) in [6.45, 7) is 4.67. The fourth-order valence-electron chi connectivity index (χ4n) is 4.38. The Morgan fingerprint density at radius 3 is 2.53 bits per heavy atom. The summed E-state index contributed by atoms with van der Waals surface area (Å²) < 4.78 is 27.1. The summed E-state index contributed by atoms with van der Waals surface area (Å²) in [7, 11) is 0. The zero-order valence-corrected chi connectivity index (χ0v) is 18.3. The van der Waals surface area contributed by atoms with Crippen molar-refractivity contribution in [2.75, 3.05) is 13.1 Å². The third-order valence-corrected chi connectivity index (χ3v) is 6.14. The smallest absolute Gasteiger partial charge is 0.159 e. The lowest BCUT2D eigenvalue weighted by Gasteiger charge is -2.37. The molecule has 3 nitrogen and oxygen atoms in total. The minimum absolute atomic E-state index is 0.0684. The molecular weight excluding hydrogens is 406 g/mol. The van der Waals surface area contributed by atoms with Gasteiger partial charge in [-0.2, -0.15) is 0 Å². The number of ketones is 1. The normalized spacial score (nSPS) is 16.0. The van der Waals surface area contributed by atoms with Crippen molar-refractivity contribution < 1.29 is 13.6 Å². The molecule has 1 N–H and O–H groups in total. The molecule has 1 heterocycles. The number of halogens is 2. The van der Waals surface area contributed by atoms with E-state index in [1.54, 1.807) is 13.0 Å². The van der Waals surface area contributed by atoms with Gasteiger partial charge < -0.3 is 5.32 Å². The van der Waals surface area contributed by atoms with Gasteiger partial charge >= 0.3 is 0 Å². The number of hydrogen-bond acceptors (Lipinski definition) is 3. The Balaban J connectivity index is 1.41. The summed E-state index contributed by atoms with van der Waals surface area (Å²) in [5, 5.41) is 3.48. The van der Waals surface area contributed by atoms with Crippen molar-refractivity contribution in [2.45, 2.75) is 38.9 Å². The first-order chi connectivity index (χ1) is 15.5. The molecule has 3 aromatic rings. The highest BCUT2D eigenvalue weighted by atomic mass is 19.1. The highest BCUT2D eigenvalue weighted by Gasteiger charge is 2.26. The standard InChI is InChI=1S/C27H28F2N2O/c1-19(32)22-4-2-3-21(13-22)17-30-11-12-31-18-23-7-10-26(29)15-24(23)16-27(31)14-20-5-8-25(28)9-6-20/h2-10,13,15,27,30H,11-12,14,16-18H2,1H3. The molecule has 4 rings (SSSR count). The van der Waals surface area contributed by atoms with Crippen LogP contribution in [0.15, 0.2) is 66.7 Å². The highest BCUT2D eigenvalue weighted by Crippen LogP contribution is 2.26. The summed E-state index contributed by atoms with van der Waals surface area (Å²) in [5.74, 6) is -0.370. The first-order valence-electron chi connectivity index (χ1n) is 11.0. The zero-order valence-electron chi connectivity index (χ0n) is 18.3. The molecule has 5 heteroatoms. The van der Waals surface area contributed by atoms with Gasteiger partial charge in [0.15, 0.2) is 5.78 Å². The first-order valence-corrected chi connectivity index (χ1v) is 11.0. The van der Waals surface area contributed by atoms with E-state index in [9.17, 15) is 13.6 Å². The number of rotatable bonds is 8. The van der Waals surface area contributed by atoms with Crippen LogP contribution in [0, 0.1) is 11.6 Å². The van der Waals surface area contributed by atoms with E-state index < -0.39 is 0 Å². The topological polar surface area (TPSA) is 32.3 Å². The van der Waals surface area contributed by atoms with Crippen molar-refractivity contribution in [3.63, 3.8) is 0 Å². The first kappa shape index (κ1) is 22.3. The van der Waals surface area contributed by atoms with E-state index in [1.807, 2.05) is 42.5 Å². The predicted molar refractivity (Wildman–Crippen MR) is 123 cm³/mol. The van der Waals surface area contributed by atoms with Gasteiger partial charge in [0.25, 0.3) is 0 Å². The third-order valence-electron chi connectivity index (χ3n) is 6.14. The summed E-state index contributed by atoms with van der Waals surface area (Å²) in [6.07, 6.45) is 1.56. The van der Waals surface area contributed by atoms with E-state index in [4.69, 9.17) is 0 Å². The molecule has 0 aromatic heterocycles. The Kier molecular flexibility index (Phi) is 7.08. The van der Waals surface area contributed by atoms with E-state index >= 15 is 0 Å². The second kappa shape index (κ2) is 10.2. The van der Waals surface area contributed by atoms with Crippen molar-refractivity contribution in [3.05, 3.63) is 106 Å². The number of Topliss-reactive ketones (excluding diaryl/α,β-unsaturated/α-hetero) is 1. The minimum atomic E-state index is -0.236. The number of fused-ring (bicyclic) bond motifs is 1. The van der Waals surface area contributed by atoms with Gasteiger partial charge in [-0.25, -0.2) is 8.78 Å². The maximum atomic E-state index is 13.8. The average Bonchev–Trinajstić information content (AvgIpc) is 2.78. The number of benzene rings is 3. The van der Waals surface area contributed by atoms with Crippen LogP contribution in [-0.2, 0) is 25.9 Å². The van der Waals surface area contributed by atoms with Crippen LogP contribution in [0.3, 0.4) is 0 Å². The van der Waals surface area contributed by atoms with Crippen LogP contribution in [0.25, 0.3) is 0 Å². The van der Waals surface area contributed by atoms with Crippen molar-refractivity contribution in [2.24, 2.45) is 0 Å². The van der Waals surface area contributed by atoms with E-state index in [0.717, 1.165) is 60.3 Å². The lowest BCUT2D eigenvalue weighted by Crippen LogP contribution is -2.44. The molecule has 0 fully saturated rings. The number of hydrogen-bond donors (Lipinski definition) is 1. The molecule has 0 spiro atoms. The monoisotopic (exact) mass is 434 g/mol. The molecule has 1 aliphatic rings. The quantitative estimate of drug-likeness (QED) is 0.403. The molecule has 0 aliphatic carbocycles. The lowest BCUT2D eigenvalue weighted by atomic mass is 9.90. The molecule has 166 valence electrons. The zero-order chi connectivity index (χ0) is 22.5. The summed E-state index contributed by atoms with van der Waals surface area (Å²) in [4.78, 5) is 14.0.